The second-order valence-corrected chi connectivity index (χ2v) is 7.77. The zero-order valence-electron chi connectivity index (χ0n) is 11.0. The Morgan fingerprint density at radius 1 is 1.42 bits per heavy atom. The Kier molecular flexibility index (Phi) is 4.20. The molecule has 106 valence electrons. The largest absolute Gasteiger partial charge is 0.398 e. The predicted molar refractivity (Wildman–Crippen MR) is 79.4 cm³/mol. The van der Waals surface area contributed by atoms with Crippen LogP contribution in [-0.4, -0.2) is 50.8 Å². The van der Waals surface area contributed by atoms with Crippen molar-refractivity contribution in [2.45, 2.75) is 17.4 Å². The lowest BCUT2D eigenvalue weighted by Crippen LogP contribution is -2.34. The highest BCUT2D eigenvalue weighted by Crippen LogP contribution is 2.28. The van der Waals surface area contributed by atoms with E-state index in [0.717, 1.165) is 6.42 Å². The molecular weight excluding hydrogens is 330 g/mol. The van der Waals surface area contributed by atoms with E-state index in [9.17, 15) is 8.42 Å². The molecule has 1 aromatic rings. The molecule has 0 aromatic heterocycles. The number of sulfonamides is 1. The standard InChI is InChI=1S/C12H18BrN3O2S/c1-15(2)10-5-6-16(8-10)19(17,18)12-7-9(13)3-4-11(12)14/h3-4,7,10H,5-6,8,14H2,1-2H3. The van der Waals surface area contributed by atoms with Crippen LogP contribution < -0.4 is 5.73 Å². The van der Waals surface area contributed by atoms with Gasteiger partial charge in [0.2, 0.25) is 10.0 Å². The SMILES string of the molecule is CN(C)C1CCN(S(=O)(=O)c2cc(Br)ccc2N)C1. The van der Waals surface area contributed by atoms with Gasteiger partial charge in [-0.25, -0.2) is 8.42 Å². The van der Waals surface area contributed by atoms with Gasteiger partial charge in [0.15, 0.2) is 0 Å². The molecule has 1 aromatic carbocycles. The van der Waals surface area contributed by atoms with Crippen molar-refractivity contribution in [3.63, 3.8) is 0 Å². The van der Waals surface area contributed by atoms with E-state index < -0.39 is 10.0 Å². The van der Waals surface area contributed by atoms with E-state index in [2.05, 4.69) is 20.8 Å². The predicted octanol–water partition coefficient (Wildman–Crippen LogP) is 1.36. The molecule has 2 N–H and O–H groups in total. The number of anilines is 1. The van der Waals surface area contributed by atoms with Crippen molar-refractivity contribution in [2.24, 2.45) is 0 Å². The van der Waals surface area contributed by atoms with E-state index in [0.29, 0.717) is 17.6 Å². The third-order valence-corrected chi connectivity index (χ3v) is 5.86. The van der Waals surface area contributed by atoms with Crippen LogP contribution in [-0.2, 0) is 10.0 Å². The van der Waals surface area contributed by atoms with E-state index in [1.807, 2.05) is 14.1 Å². The first-order chi connectivity index (χ1) is 8.82. The summed E-state index contributed by atoms with van der Waals surface area (Å²) in [6, 6.07) is 5.17. The second kappa shape index (κ2) is 5.40. The molecule has 19 heavy (non-hydrogen) atoms. The fourth-order valence-corrected chi connectivity index (χ4v) is 4.37. The number of nitrogens with zero attached hydrogens (tertiary/aromatic N) is 2. The molecule has 1 aliphatic rings. The van der Waals surface area contributed by atoms with E-state index in [4.69, 9.17) is 5.73 Å². The minimum Gasteiger partial charge on any atom is -0.398 e. The molecule has 1 saturated heterocycles. The average Bonchev–Trinajstić information content (AvgIpc) is 2.82. The maximum absolute atomic E-state index is 12.6. The van der Waals surface area contributed by atoms with Crippen LogP contribution in [0.15, 0.2) is 27.6 Å². The van der Waals surface area contributed by atoms with Crippen LogP contribution in [0.1, 0.15) is 6.42 Å². The molecule has 1 aliphatic heterocycles. The maximum Gasteiger partial charge on any atom is 0.245 e. The maximum atomic E-state index is 12.6. The number of nitrogens with two attached hydrogens (primary N) is 1. The van der Waals surface area contributed by atoms with Crippen molar-refractivity contribution in [1.82, 2.24) is 9.21 Å². The third-order valence-electron chi connectivity index (χ3n) is 3.45. The van der Waals surface area contributed by atoms with Gasteiger partial charge in [-0.15, -0.1) is 0 Å². The third kappa shape index (κ3) is 2.94. The number of rotatable bonds is 3. The normalized spacial score (nSPS) is 21.2. The summed E-state index contributed by atoms with van der Waals surface area (Å²) in [7, 11) is 0.426. The second-order valence-electron chi connectivity index (χ2n) is 4.95. The Morgan fingerprint density at radius 3 is 2.68 bits per heavy atom. The molecule has 5 nitrogen and oxygen atoms in total. The van der Waals surface area contributed by atoms with Crippen LogP contribution in [0.4, 0.5) is 5.69 Å². The van der Waals surface area contributed by atoms with Gasteiger partial charge in [0.25, 0.3) is 0 Å². The zero-order valence-corrected chi connectivity index (χ0v) is 13.4. The molecule has 1 heterocycles. The van der Waals surface area contributed by atoms with Crippen molar-refractivity contribution in [1.29, 1.82) is 0 Å². The minimum atomic E-state index is -3.51. The Bertz CT molecular complexity index is 574. The Labute approximate surface area is 122 Å². The van der Waals surface area contributed by atoms with Crippen LogP contribution in [0.5, 0.6) is 0 Å². The fourth-order valence-electron chi connectivity index (χ4n) is 2.22. The molecule has 1 fully saturated rings. The van der Waals surface area contributed by atoms with E-state index in [1.165, 1.54) is 4.31 Å². The highest BCUT2D eigenvalue weighted by Gasteiger charge is 2.34. The van der Waals surface area contributed by atoms with Gasteiger partial charge in [-0.05, 0) is 38.7 Å². The molecular formula is C12H18BrN3O2S. The summed E-state index contributed by atoms with van der Waals surface area (Å²) in [6.07, 6.45) is 0.847. The molecule has 1 atom stereocenters. The molecule has 0 saturated carbocycles. The summed E-state index contributed by atoms with van der Waals surface area (Å²) in [4.78, 5) is 2.24. The van der Waals surface area contributed by atoms with E-state index >= 15 is 0 Å². The molecule has 0 radical (unpaired) electrons. The molecule has 0 spiro atoms. The monoisotopic (exact) mass is 347 g/mol. The highest BCUT2D eigenvalue weighted by atomic mass is 79.9. The number of halogens is 1. The van der Waals surface area contributed by atoms with Crippen LogP contribution in [0.3, 0.4) is 0 Å². The van der Waals surface area contributed by atoms with Gasteiger partial charge in [-0.3, -0.25) is 0 Å². The summed E-state index contributed by atoms with van der Waals surface area (Å²) in [5.74, 6) is 0. The first kappa shape index (κ1) is 14.8. The number of nitrogen functional groups attached to an aromatic ring is 1. The van der Waals surface area contributed by atoms with Crippen molar-refractivity contribution < 1.29 is 8.42 Å². The van der Waals surface area contributed by atoms with Gasteiger partial charge in [-0.2, -0.15) is 4.31 Å². The van der Waals surface area contributed by atoms with Crippen molar-refractivity contribution >= 4 is 31.6 Å². The minimum absolute atomic E-state index is 0.182. The van der Waals surface area contributed by atoms with Crippen LogP contribution in [0, 0.1) is 0 Å². The molecule has 0 aliphatic carbocycles. The molecule has 1 unspecified atom stereocenters. The smallest absolute Gasteiger partial charge is 0.245 e. The molecule has 7 heteroatoms. The van der Waals surface area contributed by atoms with Gasteiger partial charge in [0, 0.05) is 23.6 Å². The average molecular weight is 348 g/mol. The van der Waals surface area contributed by atoms with E-state index in [-0.39, 0.29) is 16.6 Å². The number of hydrogen-bond acceptors (Lipinski definition) is 4. The van der Waals surface area contributed by atoms with Crippen LogP contribution in [0.25, 0.3) is 0 Å². The molecule has 0 bridgehead atoms. The van der Waals surface area contributed by atoms with Gasteiger partial charge in [0.1, 0.15) is 4.90 Å². The number of likely N-dealkylation sites (N-methyl/N-ethyl adjacent to an activating group) is 1. The Morgan fingerprint density at radius 2 is 2.11 bits per heavy atom. The van der Waals surface area contributed by atoms with Crippen LogP contribution in [0.2, 0.25) is 0 Å². The first-order valence-electron chi connectivity index (χ1n) is 6.04. The summed E-state index contributed by atoms with van der Waals surface area (Å²) in [5.41, 5.74) is 6.09. The van der Waals surface area contributed by atoms with Crippen molar-refractivity contribution in [2.75, 3.05) is 32.9 Å². The summed E-state index contributed by atoms with van der Waals surface area (Å²) in [6.45, 7) is 1.05. The summed E-state index contributed by atoms with van der Waals surface area (Å²) in [5, 5.41) is 0. The number of hydrogen-bond donors (Lipinski definition) is 1. The molecule has 0 amide bonds. The van der Waals surface area contributed by atoms with E-state index in [1.54, 1.807) is 18.2 Å². The van der Waals surface area contributed by atoms with Gasteiger partial charge in [0.05, 0.1) is 5.69 Å². The topological polar surface area (TPSA) is 66.6 Å². The quantitative estimate of drug-likeness (QED) is 0.838. The zero-order chi connectivity index (χ0) is 14.2. The lowest BCUT2D eigenvalue weighted by molar-refractivity contribution is 0.302. The van der Waals surface area contributed by atoms with Gasteiger partial charge >= 0.3 is 0 Å². The van der Waals surface area contributed by atoms with Crippen LogP contribution >= 0.6 is 15.9 Å². The molecule has 2 rings (SSSR count). The first-order valence-corrected chi connectivity index (χ1v) is 8.27. The highest BCUT2D eigenvalue weighted by molar-refractivity contribution is 9.10. The summed E-state index contributed by atoms with van der Waals surface area (Å²) >= 11 is 3.29. The lowest BCUT2D eigenvalue weighted by atomic mass is 10.2. The fraction of sp³-hybridized carbons (Fsp3) is 0.500. The number of benzene rings is 1. The van der Waals surface area contributed by atoms with Gasteiger partial charge < -0.3 is 10.6 Å². The van der Waals surface area contributed by atoms with Gasteiger partial charge in [-0.1, -0.05) is 15.9 Å². The van der Waals surface area contributed by atoms with Crippen molar-refractivity contribution in [3.8, 4) is 0 Å². The Balaban J connectivity index is 2.31. The summed E-state index contributed by atoms with van der Waals surface area (Å²) < 4.78 is 27.4. The van der Waals surface area contributed by atoms with Crippen molar-refractivity contribution in [3.05, 3.63) is 22.7 Å². The lowest BCUT2D eigenvalue weighted by Gasteiger charge is -2.21. The Hall–Kier alpha value is -0.630.